The van der Waals surface area contributed by atoms with Crippen molar-refractivity contribution >= 4 is 0 Å². The first kappa shape index (κ1) is 14.3. The van der Waals surface area contributed by atoms with E-state index in [4.69, 9.17) is 4.74 Å². The number of nitrogens with one attached hydrogen (secondary N) is 1. The molecule has 0 bridgehead atoms. The molecule has 0 aromatic rings. The van der Waals surface area contributed by atoms with Crippen molar-refractivity contribution < 1.29 is 4.74 Å². The van der Waals surface area contributed by atoms with Crippen LogP contribution in [0.15, 0.2) is 0 Å². The Labute approximate surface area is 112 Å². The first-order chi connectivity index (χ1) is 8.88. The molecular weight excluding hydrogens is 224 g/mol. The van der Waals surface area contributed by atoms with E-state index < -0.39 is 0 Å². The van der Waals surface area contributed by atoms with E-state index >= 15 is 0 Å². The van der Waals surface area contributed by atoms with Gasteiger partial charge in [-0.2, -0.15) is 0 Å². The molecule has 2 rings (SSSR count). The molecule has 0 aromatic carbocycles. The van der Waals surface area contributed by atoms with Crippen LogP contribution < -0.4 is 5.32 Å². The highest BCUT2D eigenvalue weighted by molar-refractivity contribution is 4.77. The number of nitrogens with zero attached hydrogens (tertiary/aromatic N) is 1. The van der Waals surface area contributed by atoms with Gasteiger partial charge in [-0.3, -0.25) is 0 Å². The van der Waals surface area contributed by atoms with Crippen molar-refractivity contribution in [1.82, 2.24) is 10.2 Å². The molecule has 2 fully saturated rings. The fraction of sp³-hybridized carbons (Fsp3) is 1.00. The monoisotopic (exact) mass is 254 g/mol. The van der Waals surface area contributed by atoms with Crippen molar-refractivity contribution in [2.75, 3.05) is 32.8 Å². The van der Waals surface area contributed by atoms with Crippen molar-refractivity contribution in [3.8, 4) is 0 Å². The summed E-state index contributed by atoms with van der Waals surface area (Å²) in [5, 5.41) is 3.73. The molecule has 1 N–H and O–H groups in total. The number of hydrogen-bond donors (Lipinski definition) is 1. The molecule has 2 saturated heterocycles. The quantitative estimate of drug-likeness (QED) is 0.706. The molecule has 2 aliphatic rings. The zero-order valence-corrected chi connectivity index (χ0v) is 12.0. The summed E-state index contributed by atoms with van der Waals surface area (Å²) < 4.78 is 5.79. The second-order valence-corrected chi connectivity index (χ2v) is 5.86. The normalized spacial score (nSPS) is 29.8. The molecule has 3 heteroatoms. The Morgan fingerprint density at radius 3 is 2.89 bits per heavy atom. The Kier molecular flexibility index (Phi) is 6.46. The maximum absolute atomic E-state index is 5.79. The molecular formula is C15H30N2O. The third kappa shape index (κ3) is 4.87. The first-order valence-corrected chi connectivity index (χ1v) is 7.96. The van der Waals surface area contributed by atoms with E-state index in [1.165, 1.54) is 71.1 Å². The fourth-order valence-corrected chi connectivity index (χ4v) is 3.20. The van der Waals surface area contributed by atoms with Crippen LogP contribution in [0.5, 0.6) is 0 Å². The predicted octanol–water partition coefficient (Wildman–Crippen LogP) is 2.41. The second-order valence-electron chi connectivity index (χ2n) is 5.86. The molecule has 0 radical (unpaired) electrons. The molecule has 18 heavy (non-hydrogen) atoms. The summed E-state index contributed by atoms with van der Waals surface area (Å²) in [6, 6.07) is 0.703. The highest BCUT2D eigenvalue weighted by Crippen LogP contribution is 2.17. The topological polar surface area (TPSA) is 24.5 Å². The van der Waals surface area contributed by atoms with Gasteiger partial charge in [-0.1, -0.05) is 13.3 Å². The van der Waals surface area contributed by atoms with E-state index in [2.05, 4.69) is 17.1 Å². The van der Waals surface area contributed by atoms with Gasteiger partial charge in [0.1, 0.15) is 0 Å². The highest BCUT2D eigenvalue weighted by Gasteiger charge is 2.21. The van der Waals surface area contributed by atoms with Crippen LogP contribution >= 0.6 is 0 Å². The minimum atomic E-state index is 0.514. The van der Waals surface area contributed by atoms with Crippen LogP contribution in [-0.4, -0.2) is 49.8 Å². The lowest BCUT2D eigenvalue weighted by Gasteiger charge is -2.30. The van der Waals surface area contributed by atoms with Gasteiger partial charge in [0, 0.05) is 12.6 Å². The Morgan fingerprint density at radius 2 is 2.11 bits per heavy atom. The largest absolute Gasteiger partial charge is 0.378 e. The van der Waals surface area contributed by atoms with E-state index in [1.54, 1.807) is 0 Å². The van der Waals surface area contributed by atoms with Crippen LogP contribution in [0.4, 0.5) is 0 Å². The summed E-state index contributed by atoms with van der Waals surface area (Å²) in [6.45, 7) is 8.32. The molecule has 2 unspecified atom stereocenters. The average Bonchev–Trinajstić information content (AvgIpc) is 2.89. The zero-order chi connectivity index (χ0) is 12.6. The molecule has 0 amide bonds. The van der Waals surface area contributed by atoms with Gasteiger partial charge in [0.15, 0.2) is 0 Å². The molecule has 106 valence electrons. The van der Waals surface area contributed by atoms with Crippen LogP contribution in [0.1, 0.15) is 51.9 Å². The predicted molar refractivity (Wildman–Crippen MR) is 76.0 cm³/mol. The summed E-state index contributed by atoms with van der Waals surface area (Å²) in [6.07, 6.45) is 9.52. The summed E-state index contributed by atoms with van der Waals surface area (Å²) in [7, 11) is 0. The van der Waals surface area contributed by atoms with Crippen molar-refractivity contribution in [3.05, 3.63) is 0 Å². The van der Waals surface area contributed by atoms with Crippen molar-refractivity contribution in [2.45, 2.75) is 64.0 Å². The van der Waals surface area contributed by atoms with E-state index in [9.17, 15) is 0 Å². The molecule has 2 atom stereocenters. The van der Waals surface area contributed by atoms with E-state index in [1.807, 2.05) is 0 Å². The molecule has 0 saturated carbocycles. The van der Waals surface area contributed by atoms with Gasteiger partial charge < -0.3 is 15.0 Å². The fourth-order valence-electron chi connectivity index (χ4n) is 3.20. The van der Waals surface area contributed by atoms with E-state index in [-0.39, 0.29) is 0 Å². The molecule has 2 aliphatic heterocycles. The SMILES string of the molecule is CCCC1CC(NCCCN2CCCC2)CCO1. The summed E-state index contributed by atoms with van der Waals surface area (Å²) in [5.74, 6) is 0. The minimum Gasteiger partial charge on any atom is -0.378 e. The molecule has 0 spiro atoms. The summed E-state index contributed by atoms with van der Waals surface area (Å²) in [5.41, 5.74) is 0. The van der Waals surface area contributed by atoms with Crippen LogP contribution in [0, 0.1) is 0 Å². The van der Waals surface area contributed by atoms with Gasteiger partial charge in [0.2, 0.25) is 0 Å². The Bertz CT molecular complexity index is 215. The van der Waals surface area contributed by atoms with Gasteiger partial charge in [-0.15, -0.1) is 0 Å². The van der Waals surface area contributed by atoms with Crippen LogP contribution in [0.25, 0.3) is 0 Å². The minimum absolute atomic E-state index is 0.514. The van der Waals surface area contributed by atoms with Crippen LogP contribution in [-0.2, 0) is 4.74 Å². The van der Waals surface area contributed by atoms with Crippen molar-refractivity contribution in [1.29, 1.82) is 0 Å². The molecule has 2 heterocycles. The Balaban J connectivity index is 1.52. The van der Waals surface area contributed by atoms with Crippen molar-refractivity contribution in [2.24, 2.45) is 0 Å². The third-order valence-corrected chi connectivity index (χ3v) is 4.26. The lowest BCUT2D eigenvalue weighted by molar-refractivity contribution is -0.00316. The van der Waals surface area contributed by atoms with Gasteiger partial charge in [0.05, 0.1) is 6.10 Å². The maximum Gasteiger partial charge on any atom is 0.0589 e. The number of hydrogen-bond acceptors (Lipinski definition) is 3. The molecule has 0 aromatic heterocycles. The molecule has 3 nitrogen and oxygen atoms in total. The summed E-state index contributed by atoms with van der Waals surface area (Å²) in [4.78, 5) is 2.60. The van der Waals surface area contributed by atoms with E-state index in [0.717, 1.165) is 6.61 Å². The average molecular weight is 254 g/mol. The number of likely N-dealkylation sites (tertiary alicyclic amines) is 1. The zero-order valence-electron chi connectivity index (χ0n) is 12.0. The molecule has 0 aliphatic carbocycles. The number of ether oxygens (including phenoxy) is 1. The van der Waals surface area contributed by atoms with Gasteiger partial charge >= 0.3 is 0 Å². The van der Waals surface area contributed by atoms with Gasteiger partial charge in [0.25, 0.3) is 0 Å². The van der Waals surface area contributed by atoms with Crippen LogP contribution in [0.2, 0.25) is 0 Å². The lowest BCUT2D eigenvalue weighted by Crippen LogP contribution is -2.40. The maximum atomic E-state index is 5.79. The Hall–Kier alpha value is -0.120. The highest BCUT2D eigenvalue weighted by atomic mass is 16.5. The second kappa shape index (κ2) is 8.13. The third-order valence-electron chi connectivity index (χ3n) is 4.26. The van der Waals surface area contributed by atoms with Crippen LogP contribution in [0.3, 0.4) is 0 Å². The smallest absolute Gasteiger partial charge is 0.0589 e. The standard InChI is InChI=1S/C15H30N2O/c1-2-6-15-13-14(7-12-18-15)16-8-5-11-17-9-3-4-10-17/h14-16H,2-13H2,1H3. The number of rotatable bonds is 7. The summed E-state index contributed by atoms with van der Waals surface area (Å²) >= 11 is 0. The van der Waals surface area contributed by atoms with Gasteiger partial charge in [-0.25, -0.2) is 0 Å². The van der Waals surface area contributed by atoms with E-state index in [0.29, 0.717) is 12.1 Å². The Morgan fingerprint density at radius 1 is 1.28 bits per heavy atom. The lowest BCUT2D eigenvalue weighted by atomic mass is 10.00. The first-order valence-electron chi connectivity index (χ1n) is 7.96. The van der Waals surface area contributed by atoms with Gasteiger partial charge in [-0.05, 0) is 64.7 Å². The van der Waals surface area contributed by atoms with Crippen molar-refractivity contribution in [3.63, 3.8) is 0 Å².